The van der Waals surface area contributed by atoms with E-state index in [4.69, 9.17) is 9.72 Å². The Kier molecular flexibility index (Phi) is 3.91. The first-order valence-electron chi connectivity index (χ1n) is 9.65. The molecule has 1 unspecified atom stereocenters. The number of imide groups is 1. The zero-order chi connectivity index (χ0) is 20.3. The second-order valence-corrected chi connectivity index (χ2v) is 7.58. The molecule has 1 fully saturated rings. The lowest BCUT2D eigenvalue weighted by Gasteiger charge is -2.26. The Balaban J connectivity index is 1.69. The molecule has 3 aromatic rings. The van der Waals surface area contributed by atoms with Crippen LogP contribution in [0.15, 0.2) is 42.5 Å². The van der Waals surface area contributed by atoms with Gasteiger partial charge in [0.1, 0.15) is 11.6 Å². The summed E-state index contributed by atoms with van der Waals surface area (Å²) < 4.78 is 19.6. The highest BCUT2D eigenvalue weighted by Crippen LogP contribution is 2.50. The number of carbonyl (C=O) groups excluding carboxylic acids is 2. The highest BCUT2D eigenvalue weighted by molar-refractivity contribution is 6.21. The minimum atomic E-state index is -0.568. The molecule has 1 saturated carbocycles. The van der Waals surface area contributed by atoms with Gasteiger partial charge in [-0.1, -0.05) is 12.1 Å². The number of amides is 2. The fourth-order valence-electron chi connectivity index (χ4n) is 4.23. The lowest BCUT2D eigenvalue weighted by molar-refractivity contribution is 0.0591. The van der Waals surface area contributed by atoms with Crippen molar-refractivity contribution >= 4 is 22.7 Å². The van der Waals surface area contributed by atoms with E-state index < -0.39 is 6.04 Å². The van der Waals surface area contributed by atoms with E-state index in [0.29, 0.717) is 33.5 Å². The summed E-state index contributed by atoms with van der Waals surface area (Å²) in [6.45, 7) is 1.81. The van der Waals surface area contributed by atoms with Gasteiger partial charge in [0.25, 0.3) is 11.8 Å². The van der Waals surface area contributed by atoms with E-state index in [2.05, 4.69) is 0 Å². The van der Waals surface area contributed by atoms with E-state index in [0.717, 1.165) is 18.4 Å². The number of nitrogens with zero attached hydrogens (tertiary/aromatic N) is 2. The number of ether oxygens (including phenoxy) is 1. The third kappa shape index (κ3) is 2.63. The monoisotopic (exact) mass is 390 g/mol. The van der Waals surface area contributed by atoms with Crippen LogP contribution in [0, 0.1) is 5.82 Å². The molecule has 0 spiro atoms. The molecule has 2 aromatic carbocycles. The second-order valence-electron chi connectivity index (χ2n) is 7.58. The van der Waals surface area contributed by atoms with Crippen molar-refractivity contribution in [1.82, 2.24) is 9.88 Å². The van der Waals surface area contributed by atoms with Gasteiger partial charge >= 0.3 is 0 Å². The van der Waals surface area contributed by atoms with Gasteiger partial charge in [-0.05, 0) is 56.0 Å². The lowest BCUT2D eigenvalue weighted by atomic mass is 9.98. The topological polar surface area (TPSA) is 59.5 Å². The van der Waals surface area contributed by atoms with Crippen LogP contribution in [0.3, 0.4) is 0 Å². The van der Waals surface area contributed by atoms with Gasteiger partial charge in [-0.2, -0.15) is 0 Å². The molecule has 146 valence electrons. The molecule has 6 heteroatoms. The third-order valence-corrected chi connectivity index (χ3v) is 5.76. The molecule has 29 heavy (non-hydrogen) atoms. The lowest BCUT2D eigenvalue weighted by Crippen LogP contribution is -2.33. The van der Waals surface area contributed by atoms with Crippen molar-refractivity contribution in [2.75, 3.05) is 7.11 Å². The van der Waals surface area contributed by atoms with E-state index in [1.165, 1.54) is 17.0 Å². The van der Waals surface area contributed by atoms with Gasteiger partial charge in [-0.25, -0.2) is 4.39 Å². The molecule has 5 rings (SSSR count). The molecule has 1 aromatic heterocycles. The van der Waals surface area contributed by atoms with Crippen molar-refractivity contribution in [3.05, 3.63) is 70.7 Å². The standard InChI is InChI=1S/C23H19FN2O3/c1-12(26-22(27)15-5-3-4-6-16(15)23(26)28)20-19(13-7-8-13)21(29-2)17-11-14(24)9-10-18(17)25-20/h3-6,9-13H,7-8H2,1-2H3. The molecular formula is C23H19FN2O3. The molecule has 2 aliphatic rings. The van der Waals surface area contributed by atoms with Crippen LogP contribution >= 0.6 is 0 Å². The fraction of sp³-hybridized carbons (Fsp3) is 0.261. The first kappa shape index (κ1) is 17.8. The maximum absolute atomic E-state index is 13.9. The number of carbonyl (C=O) groups is 2. The molecule has 0 N–H and O–H groups in total. The minimum absolute atomic E-state index is 0.234. The molecule has 1 aliphatic heterocycles. The summed E-state index contributed by atoms with van der Waals surface area (Å²) in [5.41, 5.74) is 2.90. The van der Waals surface area contributed by atoms with Crippen LogP contribution in [-0.4, -0.2) is 28.8 Å². The van der Waals surface area contributed by atoms with E-state index in [1.807, 2.05) is 6.92 Å². The van der Waals surface area contributed by atoms with Gasteiger partial charge in [-0.15, -0.1) is 0 Å². The average molecular weight is 390 g/mol. The van der Waals surface area contributed by atoms with Crippen LogP contribution in [-0.2, 0) is 0 Å². The molecule has 0 radical (unpaired) electrons. The Morgan fingerprint density at radius 3 is 2.34 bits per heavy atom. The summed E-state index contributed by atoms with van der Waals surface area (Å²) in [5, 5.41) is 0.604. The van der Waals surface area contributed by atoms with E-state index >= 15 is 0 Å². The number of hydrogen-bond acceptors (Lipinski definition) is 4. The van der Waals surface area contributed by atoms with E-state index in [1.54, 1.807) is 37.4 Å². The van der Waals surface area contributed by atoms with Crippen molar-refractivity contribution in [1.29, 1.82) is 0 Å². The van der Waals surface area contributed by atoms with Crippen LogP contribution in [0.4, 0.5) is 4.39 Å². The van der Waals surface area contributed by atoms with Gasteiger partial charge in [-0.3, -0.25) is 19.5 Å². The predicted molar refractivity (Wildman–Crippen MR) is 106 cm³/mol. The number of rotatable bonds is 4. The zero-order valence-electron chi connectivity index (χ0n) is 16.1. The first-order valence-corrected chi connectivity index (χ1v) is 9.65. The summed E-state index contributed by atoms with van der Waals surface area (Å²) in [6.07, 6.45) is 1.95. The van der Waals surface area contributed by atoms with E-state index in [9.17, 15) is 14.0 Å². The second kappa shape index (κ2) is 6.37. The quantitative estimate of drug-likeness (QED) is 0.610. The Labute approximate surface area is 167 Å². The van der Waals surface area contributed by atoms with Gasteiger partial charge in [0.2, 0.25) is 0 Å². The number of aromatic nitrogens is 1. The third-order valence-electron chi connectivity index (χ3n) is 5.76. The maximum Gasteiger partial charge on any atom is 0.262 e. The molecule has 5 nitrogen and oxygen atoms in total. The van der Waals surface area contributed by atoms with Gasteiger partial charge in [0, 0.05) is 10.9 Å². The van der Waals surface area contributed by atoms with Gasteiger partial charge in [0.05, 0.1) is 35.5 Å². The minimum Gasteiger partial charge on any atom is -0.496 e. The SMILES string of the molecule is COc1c(C2CC2)c(C(C)N2C(=O)c3ccccc3C2=O)nc2ccc(F)cc12. The maximum atomic E-state index is 13.9. The van der Waals surface area contributed by atoms with Crippen molar-refractivity contribution in [2.24, 2.45) is 0 Å². The zero-order valence-corrected chi connectivity index (χ0v) is 16.1. The summed E-state index contributed by atoms with van der Waals surface area (Å²) in [4.78, 5) is 32.0. The fourth-order valence-corrected chi connectivity index (χ4v) is 4.23. The Morgan fingerprint density at radius 2 is 1.76 bits per heavy atom. The number of fused-ring (bicyclic) bond motifs is 2. The van der Waals surface area contributed by atoms with Crippen molar-refractivity contribution in [3.8, 4) is 5.75 Å². The normalized spacial score (nSPS) is 17.0. The van der Waals surface area contributed by atoms with Crippen LogP contribution in [0.1, 0.15) is 63.7 Å². The highest BCUT2D eigenvalue weighted by Gasteiger charge is 2.42. The highest BCUT2D eigenvalue weighted by atomic mass is 19.1. The molecule has 2 amide bonds. The molecule has 1 aliphatic carbocycles. The molecule has 0 bridgehead atoms. The van der Waals surface area contributed by atoms with Crippen molar-refractivity contribution in [2.45, 2.75) is 31.7 Å². The van der Waals surface area contributed by atoms with Crippen LogP contribution in [0.5, 0.6) is 5.75 Å². The Morgan fingerprint density at radius 1 is 1.10 bits per heavy atom. The van der Waals surface area contributed by atoms with Crippen LogP contribution in [0.2, 0.25) is 0 Å². The molecular weight excluding hydrogens is 371 g/mol. The number of halogens is 1. The van der Waals surface area contributed by atoms with E-state index in [-0.39, 0.29) is 23.5 Å². The number of benzene rings is 2. The van der Waals surface area contributed by atoms with Gasteiger partial charge in [0.15, 0.2) is 0 Å². The summed E-state index contributed by atoms with van der Waals surface area (Å²) in [6, 6.07) is 10.6. The molecule has 2 heterocycles. The van der Waals surface area contributed by atoms with Crippen LogP contribution in [0.25, 0.3) is 10.9 Å². The summed E-state index contributed by atoms with van der Waals surface area (Å²) in [7, 11) is 1.56. The first-order chi connectivity index (χ1) is 14.0. The summed E-state index contributed by atoms with van der Waals surface area (Å²) in [5.74, 6) is -0.187. The average Bonchev–Trinajstić information content (AvgIpc) is 3.53. The Hall–Kier alpha value is -3.28. The largest absolute Gasteiger partial charge is 0.496 e. The Bertz CT molecular complexity index is 1150. The van der Waals surface area contributed by atoms with Crippen molar-refractivity contribution < 1.29 is 18.7 Å². The van der Waals surface area contributed by atoms with Gasteiger partial charge < -0.3 is 4.74 Å². The molecule has 1 atom stereocenters. The summed E-state index contributed by atoms with van der Waals surface area (Å²) >= 11 is 0. The number of hydrogen-bond donors (Lipinski definition) is 0. The number of methoxy groups -OCH3 is 1. The predicted octanol–water partition coefficient (Wildman–Crippen LogP) is 4.62. The van der Waals surface area contributed by atoms with Crippen molar-refractivity contribution in [3.63, 3.8) is 0 Å². The smallest absolute Gasteiger partial charge is 0.262 e. The molecule has 0 saturated heterocycles. The number of pyridine rings is 1. The van der Waals surface area contributed by atoms with Crippen LogP contribution < -0.4 is 4.74 Å².